The summed E-state index contributed by atoms with van der Waals surface area (Å²) in [5.41, 5.74) is 8.06. The summed E-state index contributed by atoms with van der Waals surface area (Å²) in [6, 6.07) is 0. The number of carbonyl (C=O) groups is 1. The highest BCUT2D eigenvalue weighted by Crippen LogP contribution is 2.50. The molecule has 0 radical (unpaired) electrons. The van der Waals surface area contributed by atoms with E-state index in [9.17, 15) is 9.90 Å². The van der Waals surface area contributed by atoms with Crippen molar-refractivity contribution in [2.24, 2.45) is 23.5 Å². The molecular weight excluding hydrogens is 666 g/mol. The van der Waals surface area contributed by atoms with Gasteiger partial charge in [-0.05, 0) is 80.3 Å². The predicted molar refractivity (Wildman–Crippen MR) is 191 cm³/mol. The first-order valence-electron chi connectivity index (χ1n) is 20.4. The number of Topliss-reactive ketones (excluding diaryl/α,β-unsaturated/α-hetero) is 1. The minimum Gasteiger partial charge on any atom is -0.392 e. The first-order chi connectivity index (χ1) is 25.0. The van der Waals surface area contributed by atoms with Crippen molar-refractivity contribution in [1.82, 2.24) is 0 Å². The number of hydrogen-bond acceptors (Lipinski definition) is 11. The second-order valence-electron chi connectivity index (χ2n) is 17.6. The summed E-state index contributed by atoms with van der Waals surface area (Å²) in [5.74, 6) is -0.232. The number of methoxy groups -OCH3 is 1. The molecule has 8 aliphatic rings. The van der Waals surface area contributed by atoms with E-state index in [2.05, 4.69) is 27.0 Å². The van der Waals surface area contributed by atoms with Crippen LogP contribution in [0.15, 0.2) is 24.3 Å². The zero-order valence-corrected chi connectivity index (χ0v) is 31.5. The van der Waals surface area contributed by atoms with E-state index in [1.165, 1.54) is 0 Å². The van der Waals surface area contributed by atoms with Crippen molar-refractivity contribution >= 4 is 5.78 Å². The molecule has 8 saturated heterocycles. The normalized spacial score (nSPS) is 50.4. The molecule has 0 amide bonds. The molecule has 0 aromatic carbocycles. The number of rotatable bonds is 4. The van der Waals surface area contributed by atoms with Crippen molar-refractivity contribution in [3.63, 3.8) is 0 Å². The molecule has 18 atom stereocenters. The van der Waals surface area contributed by atoms with Crippen LogP contribution in [0.2, 0.25) is 0 Å². The molecule has 8 aliphatic heterocycles. The van der Waals surface area contributed by atoms with Gasteiger partial charge < -0.3 is 48.7 Å². The van der Waals surface area contributed by atoms with E-state index in [4.69, 9.17) is 43.6 Å². The Balaban J connectivity index is 1.06. The SMILES string of the molecule is C=C1C[C@@H]2CC[C@]34CC[C@H](O3)[C@@H]3O[C@H]5CC[C@H](CC(=O)CC6[C@H](CC7O[C@H](CCC1O2)C[C@@H](C)C7=C)O[C@H](C[C@H](O)CN)[C@@H]6C)O[C@@H]5[C@H](O4)[C@@H]3OC. The first-order valence-corrected chi connectivity index (χ1v) is 20.4. The quantitative estimate of drug-likeness (QED) is 0.390. The highest BCUT2D eigenvalue weighted by Gasteiger charge is 2.61. The third kappa shape index (κ3) is 7.38. The van der Waals surface area contributed by atoms with Crippen molar-refractivity contribution in [3.05, 3.63) is 24.3 Å². The Morgan fingerprint density at radius 2 is 1.58 bits per heavy atom. The van der Waals surface area contributed by atoms with Crippen molar-refractivity contribution in [1.29, 1.82) is 0 Å². The van der Waals surface area contributed by atoms with Crippen molar-refractivity contribution < 1.29 is 47.8 Å². The molecule has 8 rings (SSSR count). The maximum Gasteiger partial charge on any atom is 0.169 e. The summed E-state index contributed by atoms with van der Waals surface area (Å²) < 4.78 is 53.7. The number of aliphatic hydroxyl groups excluding tert-OH is 1. The minimum atomic E-state index is -0.754. The van der Waals surface area contributed by atoms with Crippen molar-refractivity contribution in [2.75, 3.05) is 13.7 Å². The van der Waals surface area contributed by atoms with Crippen molar-refractivity contribution in [2.45, 2.75) is 195 Å². The maximum absolute atomic E-state index is 14.0. The highest BCUT2D eigenvalue weighted by atomic mass is 16.7. The van der Waals surface area contributed by atoms with Crippen LogP contribution in [0.4, 0.5) is 0 Å². The van der Waals surface area contributed by atoms with Gasteiger partial charge in [0.25, 0.3) is 0 Å². The van der Waals surface area contributed by atoms with E-state index < -0.39 is 11.9 Å². The lowest BCUT2D eigenvalue weighted by atomic mass is 9.78. The van der Waals surface area contributed by atoms with Gasteiger partial charge in [0.1, 0.15) is 30.2 Å². The Kier molecular flexibility index (Phi) is 11.1. The minimum absolute atomic E-state index is 0.00177. The lowest BCUT2D eigenvalue weighted by Crippen LogP contribution is -2.64. The first kappa shape index (κ1) is 37.7. The van der Waals surface area contributed by atoms with E-state index >= 15 is 0 Å². The van der Waals surface area contributed by atoms with Crippen LogP contribution in [-0.2, 0) is 42.7 Å². The third-order valence-corrected chi connectivity index (χ3v) is 14.1. The zero-order chi connectivity index (χ0) is 36.3. The molecule has 8 fully saturated rings. The summed E-state index contributed by atoms with van der Waals surface area (Å²) in [6.45, 7) is 13.5. The number of ketones is 1. The van der Waals surface area contributed by atoms with Crippen LogP contribution in [0.25, 0.3) is 0 Å². The topological polar surface area (TPSA) is 137 Å². The molecule has 0 aromatic heterocycles. The van der Waals surface area contributed by atoms with Gasteiger partial charge in [-0.3, -0.25) is 4.79 Å². The number of aliphatic hydroxyl groups is 1. The second-order valence-corrected chi connectivity index (χ2v) is 17.6. The Bertz CT molecular complexity index is 1330. The third-order valence-electron chi connectivity index (χ3n) is 14.1. The molecule has 0 aliphatic carbocycles. The summed E-state index contributed by atoms with van der Waals surface area (Å²) in [7, 11) is 1.72. The Hall–Kier alpha value is -1.25. The fraction of sp³-hybridized carbons (Fsp3) is 0.878. The van der Waals surface area contributed by atoms with E-state index in [0.29, 0.717) is 38.0 Å². The lowest BCUT2D eigenvalue weighted by molar-refractivity contribution is -0.302. The monoisotopic (exact) mass is 729 g/mol. The van der Waals surface area contributed by atoms with Gasteiger partial charge >= 0.3 is 0 Å². The van der Waals surface area contributed by atoms with Crippen LogP contribution in [0.5, 0.6) is 0 Å². The molecule has 52 heavy (non-hydrogen) atoms. The van der Waals surface area contributed by atoms with Crippen LogP contribution >= 0.6 is 0 Å². The predicted octanol–water partition coefficient (Wildman–Crippen LogP) is 4.70. The highest BCUT2D eigenvalue weighted by molar-refractivity contribution is 5.79. The van der Waals surface area contributed by atoms with Crippen LogP contribution in [0.1, 0.15) is 104 Å². The zero-order valence-electron chi connectivity index (χ0n) is 31.5. The average Bonchev–Trinajstić information content (AvgIpc) is 3.77. The van der Waals surface area contributed by atoms with E-state index in [0.717, 1.165) is 68.9 Å². The van der Waals surface area contributed by atoms with Crippen LogP contribution in [-0.4, -0.2) is 116 Å². The van der Waals surface area contributed by atoms with Gasteiger partial charge in [-0.2, -0.15) is 0 Å². The van der Waals surface area contributed by atoms with Gasteiger partial charge in [0.15, 0.2) is 5.79 Å². The molecular formula is C41H63NO10. The summed E-state index contributed by atoms with van der Waals surface area (Å²) in [4.78, 5) is 14.0. The Morgan fingerprint density at radius 3 is 2.38 bits per heavy atom. The molecule has 11 nitrogen and oxygen atoms in total. The van der Waals surface area contributed by atoms with Gasteiger partial charge in [-0.15, -0.1) is 0 Å². The Labute approximate surface area is 309 Å². The largest absolute Gasteiger partial charge is 0.392 e. The number of nitrogens with two attached hydrogens (primary N) is 1. The fourth-order valence-electron chi connectivity index (χ4n) is 11.0. The molecule has 0 saturated carbocycles. The second kappa shape index (κ2) is 15.4. The fourth-order valence-corrected chi connectivity index (χ4v) is 11.0. The van der Waals surface area contributed by atoms with E-state index in [-0.39, 0.29) is 104 Å². The van der Waals surface area contributed by atoms with Crippen LogP contribution < -0.4 is 5.73 Å². The molecule has 11 heteroatoms. The van der Waals surface area contributed by atoms with Crippen LogP contribution in [0.3, 0.4) is 0 Å². The van der Waals surface area contributed by atoms with Gasteiger partial charge in [0.05, 0.1) is 61.0 Å². The average molecular weight is 730 g/mol. The Morgan fingerprint density at radius 1 is 0.808 bits per heavy atom. The van der Waals surface area contributed by atoms with Gasteiger partial charge in [0.2, 0.25) is 0 Å². The summed E-state index contributed by atoms with van der Waals surface area (Å²) in [5, 5.41) is 10.5. The van der Waals surface area contributed by atoms with E-state index in [1.807, 2.05) is 0 Å². The van der Waals surface area contributed by atoms with Gasteiger partial charge in [-0.1, -0.05) is 27.0 Å². The maximum atomic E-state index is 14.0. The standard InChI is InChI=1S/C41H63NO10/c1-21-14-27-6-8-31-22(2)15-29(46-31)10-12-41-13-11-33(51-41)38-39(45-5)40(52-41)37-32(50-38)9-7-28(48-37)16-25(43)17-30-24(4)34(18-26(44)20-42)49-36(30)19-35(47-27)23(21)3/h21,24,26-40,44H,2-3,6-20,42H2,1,4-5H3/t21-,24-,26+,27-,28-,29+,30?,31?,32+,33+,34-,35?,36+,37+,38+,39-,40+,41+/m1/s1. The molecule has 10 bridgehead atoms. The summed E-state index contributed by atoms with van der Waals surface area (Å²) >= 11 is 0. The summed E-state index contributed by atoms with van der Waals surface area (Å²) in [6.07, 6.45) is 7.15. The number of ether oxygens (including phenoxy) is 8. The van der Waals surface area contributed by atoms with Gasteiger partial charge in [-0.25, -0.2) is 0 Å². The smallest absolute Gasteiger partial charge is 0.169 e. The number of carbonyl (C=O) groups excluding carboxylic acids is 1. The van der Waals surface area contributed by atoms with Crippen molar-refractivity contribution in [3.8, 4) is 0 Å². The lowest BCUT2D eigenvalue weighted by Gasteiger charge is -2.50. The molecule has 3 N–H and O–H groups in total. The molecule has 3 unspecified atom stereocenters. The number of fused-ring (bicyclic) bond motifs is 9. The van der Waals surface area contributed by atoms with E-state index in [1.54, 1.807) is 7.11 Å². The molecule has 0 aromatic rings. The van der Waals surface area contributed by atoms with Crippen LogP contribution in [0, 0.1) is 17.8 Å². The molecule has 292 valence electrons. The van der Waals surface area contributed by atoms with Gasteiger partial charge in [0, 0.05) is 52.2 Å². The molecule has 1 spiro atoms. The molecule has 8 heterocycles. The number of hydrogen-bond donors (Lipinski definition) is 2.